The maximum atomic E-state index is 8.44. The Morgan fingerprint density at radius 2 is 0.857 bits per heavy atom. The summed E-state index contributed by atoms with van der Waals surface area (Å²) in [5, 5.41) is 16.9. The van der Waals surface area contributed by atoms with Crippen molar-refractivity contribution in [2.24, 2.45) is 0 Å². The van der Waals surface area contributed by atoms with Gasteiger partial charge in [-0.25, -0.2) is 0 Å². The van der Waals surface area contributed by atoms with E-state index in [1.807, 2.05) is 0 Å². The minimum Gasteiger partial charge on any atom is -0.397 e. The van der Waals surface area contributed by atoms with E-state index in [1.165, 1.54) is 0 Å². The van der Waals surface area contributed by atoms with Gasteiger partial charge in [0.15, 0.2) is 0 Å². The standard InChI is InChI=1S/2C5H14OSi/c2*1-7(2,3)5-4-6/h2*6H,4-5H2,1-3H3. The Labute approximate surface area is 91.4 Å². The summed E-state index contributed by atoms with van der Waals surface area (Å²) in [4.78, 5) is 0. The SMILES string of the molecule is C[Si](C)(C)CCO.C[Si](C)(C)CCO. The van der Waals surface area contributed by atoms with Crippen LogP contribution in [0.4, 0.5) is 0 Å². The molecular formula is C10H28O2Si2. The van der Waals surface area contributed by atoms with Crippen molar-refractivity contribution in [2.75, 3.05) is 13.2 Å². The monoisotopic (exact) mass is 236 g/mol. The second-order valence-corrected chi connectivity index (χ2v) is 17.3. The molecule has 0 fully saturated rings. The van der Waals surface area contributed by atoms with Crippen molar-refractivity contribution < 1.29 is 10.2 Å². The number of rotatable bonds is 4. The molecule has 0 saturated carbocycles. The lowest BCUT2D eigenvalue weighted by molar-refractivity contribution is 0.316. The van der Waals surface area contributed by atoms with E-state index in [0.29, 0.717) is 13.2 Å². The van der Waals surface area contributed by atoms with Crippen LogP contribution in [0, 0.1) is 0 Å². The van der Waals surface area contributed by atoms with Crippen LogP contribution in [0.15, 0.2) is 0 Å². The summed E-state index contributed by atoms with van der Waals surface area (Å²) in [5.41, 5.74) is 0. The molecule has 0 radical (unpaired) electrons. The summed E-state index contributed by atoms with van der Waals surface area (Å²) in [6, 6.07) is 2.07. The third-order valence-electron chi connectivity index (χ3n) is 1.72. The van der Waals surface area contributed by atoms with Crippen LogP contribution in [0.1, 0.15) is 0 Å². The van der Waals surface area contributed by atoms with Crippen molar-refractivity contribution in [2.45, 2.75) is 51.4 Å². The minimum atomic E-state index is -0.907. The molecule has 4 heteroatoms. The molecule has 88 valence electrons. The van der Waals surface area contributed by atoms with Crippen LogP contribution in [0.2, 0.25) is 51.4 Å². The number of hydrogen-bond acceptors (Lipinski definition) is 2. The van der Waals surface area contributed by atoms with Gasteiger partial charge in [-0.2, -0.15) is 0 Å². The van der Waals surface area contributed by atoms with Gasteiger partial charge in [0, 0.05) is 29.4 Å². The van der Waals surface area contributed by atoms with Crippen molar-refractivity contribution in [1.82, 2.24) is 0 Å². The van der Waals surface area contributed by atoms with E-state index in [1.54, 1.807) is 0 Å². The van der Waals surface area contributed by atoms with E-state index < -0.39 is 16.1 Å². The van der Waals surface area contributed by atoms with Crippen molar-refractivity contribution in [3.8, 4) is 0 Å². The van der Waals surface area contributed by atoms with E-state index in [2.05, 4.69) is 39.3 Å². The summed E-state index contributed by atoms with van der Waals surface area (Å²) in [6.07, 6.45) is 0. The Bertz CT molecular complexity index is 109. The number of aliphatic hydroxyl groups excluding tert-OH is 2. The molecule has 0 aliphatic carbocycles. The van der Waals surface area contributed by atoms with Gasteiger partial charge in [-0.05, 0) is 12.1 Å². The van der Waals surface area contributed by atoms with Gasteiger partial charge in [0.1, 0.15) is 0 Å². The molecule has 0 aliphatic heterocycles. The summed E-state index contributed by atoms with van der Waals surface area (Å²) in [6.45, 7) is 14.3. The molecule has 0 aliphatic rings. The van der Waals surface area contributed by atoms with Crippen LogP contribution in [0.5, 0.6) is 0 Å². The summed E-state index contributed by atoms with van der Waals surface area (Å²) >= 11 is 0. The van der Waals surface area contributed by atoms with Crippen LogP contribution in [-0.2, 0) is 0 Å². The van der Waals surface area contributed by atoms with Gasteiger partial charge in [0.2, 0.25) is 0 Å². The van der Waals surface area contributed by atoms with Crippen molar-refractivity contribution in [1.29, 1.82) is 0 Å². The van der Waals surface area contributed by atoms with E-state index in [-0.39, 0.29) is 0 Å². The first-order valence-electron chi connectivity index (χ1n) is 5.34. The molecule has 0 aromatic carbocycles. The molecule has 2 N–H and O–H groups in total. The summed E-state index contributed by atoms with van der Waals surface area (Å²) in [7, 11) is -1.81. The Morgan fingerprint density at radius 3 is 0.857 bits per heavy atom. The highest BCUT2D eigenvalue weighted by molar-refractivity contribution is 6.76. The maximum absolute atomic E-state index is 8.44. The maximum Gasteiger partial charge on any atom is 0.0465 e. The van der Waals surface area contributed by atoms with Crippen molar-refractivity contribution in [3.63, 3.8) is 0 Å². The molecule has 0 aromatic rings. The molecule has 0 atom stereocenters. The molecule has 2 nitrogen and oxygen atoms in total. The minimum absolute atomic E-state index is 0.371. The fourth-order valence-corrected chi connectivity index (χ4v) is 2.01. The van der Waals surface area contributed by atoms with Crippen molar-refractivity contribution in [3.05, 3.63) is 0 Å². The second kappa shape index (κ2) is 7.62. The van der Waals surface area contributed by atoms with Gasteiger partial charge in [0.05, 0.1) is 0 Å². The lowest BCUT2D eigenvalue weighted by atomic mass is 10.9. The molecule has 0 bridgehead atoms. The van der Waals surface area contributed by atoms with Crippen LogP contribution >= 0.6 is 0 Å². The van der Waals surface area contributed by atoms with Crippen molar-refractivity contribution >= 4 is 16.1 Å². The Kier molecular flexibility index (Phi) is 9.13. The fraction of sp³-hybridized carbons (Fsp3) is 1.00. The number of aliphatic hydroxyl groups is 2. The first-order valence-corrected chi connectivity index (χ1v) is 12.8. The zero-order valence-corrected chi connectivity index (χ0v) is 12.7. The predicted molar refractivity (Wildman–Crippen MR) is 70.5 cm³/mol. The van der Waals surface area contributed by atoms with Gasteiger partial charge in [-0.1, -0.05) is 39.3 Å². The molecule has 0 rings (SSSR count). The molecule has 0 spiro atoms. The zero-order chi connectivity index (χ0) is 11.8. The average Bonchev–Trinajstić information content (AvgIpc) is 1.81. The summed E-state index contributed by atoms with van der Waals surface area (Å²) < 4.78 is 0. The predicted octanol–water partition coefficient (Wildman–Crippen LogP) is 2.63. The summed E-state index contributed by atoms with van der Waals surface area (Å²) in [5.74, 6) is 0. The second-order valence-electron chi connectivity index (χ2n) is 6.07. The van der Waals surface area contributed by atoms with Gasteiger partial charge in [0.25, 0.3) is 0 Å². The first kappa shape index (κ1) is 16.8. The molecule has 14 heavy (non-hydrogen) atoms. The lowest BCUT2D eigenvalue weighted by Gasteiger charge is -2.11. The molecule has 0 unspecified atom stereocenters. The third kappa shape index (κ3) is 22.8. The smallest absolute Gasteiger partial charge is 0.0465 e. The van der Waals surface area contributed by atoms with Crippen LogP contribution in [-0.4, -0.2) is 39.6 Å². The largest absolute Gasteiger partial charge is 0.397 e. The van der Waals surface area contributed by atoms with Gasteiger partial charge < -0.3 is 10.2 Å². The zero-order valence-electron chi connectivity index (χ0n) is 10.7. The third-order valence-corrected chi connectivity index (χ3v) is 5.17. The molecule has 0 aromatic heterocycles. The normalized spacial score (nSPS) is 12.0. The Balaban J connectivity index is 0. The molecular weight excluding hydrogens is 208 g/mol. The fourth-order valence-electron chi connectivity index (χ4n) is 0.671. The van der Waals surface area contributed by atoms with Crippen LogP contribution in [0.3, 0.4) is 0 Å². The van der Waals surface area contributed by atoms with Crippen LogP contribution in [0.25, 0.3) is 0 Å². The highest BCUT2D eigenvalue weighted by Gasteiger charge is 2.10. The number of hydrogen-bond donors (Lipinski definition) is 2. The van der Waals surface area contributed by atoms with E-state index >= 15 is 0 Å². The van der Waals surface area contributed by atoms with Gasteiger partial charge >= 0.3 is 0 Å². The molecule has 0 amide bonds. The Morgan fingerprint density at radius 1 is 0.643 bits per heavy atom. The van der Waals surface area contributed by atoms with Gasteiger partial charge in [-0.15, -0.1) is 0 Å². The average molecular weight is 237 g/mol. The van der Waals surface area contributed by atoms with E-state index in [0.717, 1.165) is 12.1 Å². The first-order chi connectivity index (χ1) is 6.12. The Hall–Kier alpha value is 0.354. The lowest BCUT2D eigenvalue weighted by Crippen LogP contribution is -2.20. The van der Waals surface area contributed by atoms with Gasteiger partial charge in [-0.3, -0.25) is 0 Å². The topological polar surface area (TPSA) is 40.5 Å². The molecule has 0 heterocycles. The van der Waals surface area contributed by atoms with E-state index in [9.17, 15) is 0 Å². The van der Waals surface area contributed by atoms with Crippen LogP contribution < -0.4 is 0 Å². The highest BCUT2D eigenvalue weighted by atomic mass is 28.3. The quantitative estimate of drug-likeness (QED) is 0.737. The highest BCUT2D eigenvalue weighted by Crippen LogP contribution is 2.05. The van der Waals surface area contributed by atoms with E-state index in [4.69, 9.17) is 10.2 Å². The molecule has 0 saturated heterocycles.